The highest BCUT2D eigenvalue weighted by atomic mass is 15.2. The molecular formula is C14H30N2. The Morgan fingerprint density at radius 1 is 1.38 bits per heavy atom. The van der Waals surface area contributed by atoms with Gasteiger partial charge in [0.1, 0.15) is 0 Å². The lowest BCUT2D eigenvalue weighted by Crippen LogP contribution is -2.46. The van der Waals surface area contributed by atoms with E-state index in [1.54, 1.807) is 0 Å². The Labute approximate surface area is 102 Å². The Bertz CT molecular complexity index is 197. The fourth-order valence-corrected chi connectivity index (χ4v) is 2.24. The Morgan fingerprint density at radius 3 is 2.44 bits per heavy atom. The molecule has 1 fully saturated rings. The predicted octanol–water partition coefficient (Wildman–Crippen LogP) is 2.89. The van der Waals surface area contributed by atoms with Crippen molar-refractivity contribution < 1.29 is 0 Å². The molecule has 1 aliphatic carbocycles. The van der Waals surface area contributed by atoms with Crippen molar-refractivity contribution in [1.82, 2.24) is 10.2 Å². The third-order valence-corrected chi connectivity index (χ3v) is 4.08. The summed E-state index contributed by atoms with van der Waals surface area (Å²) in [6.45, 7) is 11.9. The summed E-state index contributed by atoms with van der Waals surface area (Å²) in [5.74, 6) is 0. The molecule has 1 N–H and O–H groups in total. The van der Waals surface area contributed by atoms with Crippen LogP contribution in [0.5, 0.6) is 0 Å². The highest BCUT2D eigenvalue weighted by molar-refractivity contribution is 4.90. The van der Waals surface area contributed by atoms with Crippen LogP contribution in [-0.4, -0.2) is 37.1 Å². The van der Waals surface area contributed by atoms with Crippen molar-refractivity contribution in [2.75, 3.05) is 20.1 Å². The molecule has 0 saturated heterocycles. The number of unbranched alkanes of at least 4 members (excludes halogenated alkanes) is 1. The van der Waals surface area contributed by atoms with Crippen molar-refractivity contribution >= 4 is 0 Å². The Hall–Kier alpha value is -0.0800. The molecule has 0 bridgehead atoms. The van der Waals surface area contributed by atoms with Crippen LogP contribution >= 0.6 is 0 Å². The van der Waals surface area contributed by atoms with Gasteiger partial charge in [0, 0.05) is 18.6 Å². The van der Waals surface area contributed by atoms with Crippen LogP contribution in [0.15, 0.2) is 0 Å². The number of nitrogens with zero attached hydrogens (tertiary/aromatic N) is 1. The first-order valence-corrected chi connectivity index (χ1v) is 6.92. The number of hydrogen-bond donors (Lipinski definition) is 1. The van der Waals surface area contributed by atoms with Crippen LogP contribution in [-0.2, 0) is 0 Å². The van der Waals surface area contributed by atoms with Crippen molar-refractivity contribution in [3.63, 3.8) is 0 Å². The molecule has 1 aliphatic rings. The largest absolute Gasteiger partial charge is 0.317 e. The van der Waals surface area contributed by atoms with Gasteiger partial charge in [0.2, 0.25) is 0 Å². The van der Waals surface area contributed by atoms with Gasteiger partial charge >= 0.3 is 0 Å². The van der Waals surface area contributed by atoms with Crippen LogP contribution < -0.4 is 5.32 Å². The van der Waals surface area contributed by atoms with E-state index in [2.05, 4.69) is 45.0 Å². The van der Waals surface area contributed by atoms with E-state index in [-0.39, 0.29) is 0 Å². The van der Waals surface area contributed by atoms with Gasteiger partial charge in [-0.2, -0.15) is 0 Å². The topological polar surface area (TPSA) is 15.3 Å². The molecule has 0 heterocycles. The number of rotatable bonds is 8. The smallest absolute Gasteiger partial charge is 0.00991 e. The van der Waals surface area contributed by atoms with Crippen molar-refractivity contribution in [2.24, 2.45) is 5.41 Å². The zero-order valence-corrected chi connectivity index (χ0v) is 11.8. The van der Waals surface area contributed by atoms with Gasteiger partial charge in [0.05, 0.1) is 0 Å². The standard InChI is InChI=1S/C14H30N2/c1-6-7-10-16(13-8-9-13)11-14(3,4)12(2)15-5/h12-13,15H,6-11H2,1-5H3. The average molecular weight is 226 g/mol. The molecule has 2 heteroatoms. The van der Waals surface area contributed by atoms with E-state index in [0.29, 0.717) is 11.5 Å². The van der Waals surface area contributed by atoms with Gasteiger partial charge in [0.25, 0.3) is 0 Å². The number of nitrogens with one attached hydrogen (secondary N) is 1. The summed E-state index contributed by atoms with van der Waals surface area (Å²) in [6.07, 6.45) is 5.51. The lowest BCUT2D eigenvalue weighted by atomic mass is 9.84. The van der Waals surface area contributed by atoms with Gasteiger partial charge in [-0.25, -0.2) is 0 Å². The molecule has 0 aromatic heterocycles. The molecule has 16 heavy (non-hydrogen) atoms. The highest BCUT2D eigenvalue weighted by Crippen LogP contribution is 2.31. The van der Waals surface area contributed by atoms with Crippen molar-refractivity contribution in [1.29, 1.82) is 0 Å². The van der Waals surface area contributed by atoms with Gasteiger partial charge in [-0.1, -0.05) is 27.2 Å². The van der Waals surface area contributed by atoms with E-state index in [4.69, 9.17) is 0 Å². The summed E-state index contributed by atoms with van der Waals surface area (Å²) in [6, 6.07) is 1.48. The molecule has 0 aromatic carbocycles. The second kappa shape index (κ2) is 6.02. The van der Waals surface area contributed by atoms with Crippen LogP contribution in [0.1, 0.15) is 53.4 Å². The van der Waals surface area contributed by atoms with Gasteiger partial charge in [-0.15, -0.1) is 0 Å². The third-order valence-electron chi connectivity index (χ3n) is 4.08. The zero-order chi connectivity index (χ0) is 12.2. The molecule has 0 radical (unpaired) electrons. The molecule has 96 valence electrons. The van der Waals surface area contributed by atoms with E-state index >= 15 is 0 Å². The van der Waals surface area contributed by atoms with Crippen LogP contribution in [0, 0.1) is 5.41 Å². The fourth-order valence-electron chi connectivity index (χ4n) is 2.24. The van der Waals surface area contributed by atoms with E-state index < -0.39 is 0 Å². The zero-order valence-electron chi connectivity index (χ0n) is 11.8. The van der Waals surface area contributed by atoms with Gasteiger partial charge in [-0.3, -0.25) is 4.90 Å². The van der Waals surface area contributed by atoms with E-state index in [9.17, 15) is 0 Å². The second-order valence-corrected chi connectivity index (χ2v) is 6.05. The minimum atomic E-state index is 0.366. The maximum atomic E-state index is 3.40. The summed E-state index contributed by atoms with van der Waals surface area (Å²) in [5.41, 5.74) is 0.366. The first-order chi connectivity index (χ1) is 7.51. The molecule has 0 spiro atoms. The first-order valence-electron chi connectivity index (χ1n) is 6.92. The highest BCUT2D eigenvalue weighted by Gasteiger charge is 2.34. The molecule has 0 aliphatic heterocycles. The first kappa shape index (κ1) is 14.0. The van der Waals surface area contributed by atoms with Crippen LogP contribution in [0.25, 0.3) is 0 Å². The third kappa shape index (κ3) is 4.06. The normalized spacial score (nSPS) is 19.1. The second-order valence-electron chi connectivity index (χ2n) is 6.05. The maximum Gasteiger partial charge on any atom is 0.00991 e. The van der Waals surface area contributed by atoms with Crippen molar-refractivity contribution in [3.8, 4) is 0 Å². The lowest BCUT2D eigenvalue weighted by Gasteiger charge is -2.37. The average Bonchev–Trinajstić information content (AvgIpc) is 3.06. The summed E-state index contributed by atoms with van der Waals surface area (Å²) in [4.78, 5) is 2.72. The van der Waals surface area contributed by atoms with Gasteiger partial charge in [0.15, 0.2) is 0 Å². The Balaban J connectivity index is 2.46. The summed E-state index contributed by atoms with van der Waals surface area (Å²) < 4.78 is 0. The summed E-state index contributed by atoms with van der Waals surface area (Å²) >= 11 is 0. The van der Waals surface area contributed by atoms with E-state index in [0.717, 1.165) is 6.04 Å². The van der Waals surface area contributed by atoms with E-state index in [1.807, 2.05) is 0 Å². The molecule has 0 aromatic rings. The van der Waals surface area contributed by atoms with E-state index in [1.165, 1.54) is 38.8 Å². The molecule has 2 nitrogen and oxygen atoms in total. The monoisotopic (exact) mass is 226 g/mol. The van der Waals surface area contributed by atoms with Crippen molar-refractivity contribution in [3.05, 3.63) is 0 Å². The van der Waals surface area contributed by atoms with Crippen molar-refractivity contribution in [2.45, 2.75) is 65.5 Å². The summed E-state index contributed by atoms with van der Waals surface area (Å²) in [7, 11) is 2.07. The molecule has 0 amide bonds. The summed E-state index contributed by atoms with van der Waals surface area (Å²) in [5, 5.41) is 3.40. The lowest BCUT2D eigenvalue weighted by molar-refractivity contribution is 0.138. The molecule has 1 rings (SSSR count). The van der Waals surface area contributed by atoms with Gasteiger partial charge in [-0.05, 0) is 45.2 Å². The molecule has 1 saturated carbocycles. The fraction of sp³-hybridized carbons (Fsp3) is 1.00. The SMILES string of the molecule is CCCCN(CC(C)(C)C(C)NC)C1CC1. The minimum Gasteiger partial charge on any atom is -0.317 e. The Morgan fingerprint density at radius 2 is 2.00 bits per heavy atom. The van der Waals surface area contributed by atoms with Crippen LogP contribution in [0.2, 0.25) is 0 Å². The minimum absolute atomic E-state index is 0.366. The predicted molar refractivity (Wildman–Crippen MR) is 71.8 cm³/mol. The molecule has 1 unspecified atom stereocenters. The molecule has 1 atom stereocenters. The maximum absolute atomic E-state index is 3.40. The van der Waals surface area contributed by atoms with Gasteiger partial charge < -0.3 is 5.32 Å². The Kier molecular flexibility index (Phi) is 5.26. The number of hydrogen-bond acceptors (Lipinski definition) is 2. The van der Waals surface area contributed by atoms with Crippen LogP contribution in [0.3, 0.4) is 0 Å². The van der Waals surface area contributed by atoms with Crippen LogP contribution in [0.4, 0.5) is 0 Å². The molecular weight excluding hydrogens is 196 g/mol. The quantitative estimate of drug-likeness (QED) is 0.684.